The topological polar surface area (TPSA) is 72.0 Å². The van der Waals surface area contributed by atoms with Crippen LogP contribution in [0.4, 0.5) is 0 Å². The average Bonchev–Trinajstić information content (AvgIpc) is 3.32. The Labute approximate surface area is 165 Å². The molecular formula is C18H21N3O2S3. The first-order valence-corrected chi connectivity index (χ1v) is 11.3. The van der Waals surface area contributed by atoms with Crippen LogP contribution in [0.5, 0.6) is 0 Å². The maximum absolute atomic E-state index is 12.3. The van der Waals surface area contributed by atoms with E-state index in [1.165, 1.54) is 47.7 Å². The Hall–Kier alpha value is -1.38. The van der Waals surface area contributed by atoms with Crippen LogP contribution >= 0.6 is 34.9 Å². The lowest BCUT2D eigenvalue weighted by molar-refractivity contribution is -0.120. The van der Waals surface area contributed by atoms with E-state index in [4.69, 9.17) is 0 Å². The van der Waals surface area contributed by atoms with Gasteiger partial charge in [-0.25, -0.2) is 0 Å². The predicted octanol–water partition coefficient (Wildman–Crippen LogP) is 4.05. The largest absolute Gasteiger partial charge is 0.352 e. The summed E-state index contributed by atoms with van der Waals surface area (Å²) in [6.07, 6.45) is 4.56. The zero-order valence-electron chi connectivity index (χ0n) is 14.5. The molecule has 0 radical (unpaired) electrons. The van der Waals surface area contributed by atoms with Gasteiger partial charge in [0.05, 0.1) is 11.0 Å². The normalized spacial score (nSPS) is 15.7. The van der Waals surface area contributed by atoms with E-state index < -0.39 is 0 Å². The van der Waals surface area contributed by atoms with Gasteiger partial charge >= 0.3 is 0 Å². The molecule has 1 saturated carbocycles. The van der Waals surface area contributed by atoms with E-state index in [1.807, 2.05) is 37.3 Å². The van der Waals surface area contributed by atoms with Gasteiger partial charge in [-0.05, 0) is 19.8 Å². The van der Waals surface area contributed by atoms with Crippen LogP contribution in [0, 0.1) is 0 Å². The SMILES string of the molecule is C[C@@H](Sc1nnc(SCC(=O)c2ccccc2)s1)C(=O)NC1CCCC1. The molecule has 1 aromatic heterocycles. The number of carbonyl (C=O) groups excluding carboxylic acids is 2. The molecule has 138 valence electrons. The van der Waals surface area contributed by atoms with Gasteiger partial charge in [-0.1, -0.05) is 78.0 Å². The van der Waals surface area contributed by atoms with Gasteiger partial charge in [0.25, 0.3) is 0 Å². The third-order valence-corrected chi connectivity index (χ3v) is 7.40. The smallest absolute Gasteiger partial charge is 0.233 e. The Morgan fingerprint density at radius 1 is 1.19 bits per heavy atom. The van der Waals surface area contributed by atoms with Gasteiger partial charge in [-0.3, -0.25) is 9.59 Å². The quantitative estimate of drug-likeness (QED) is 0.526. The van der Waals surface area contributed by atoms with E-state index in [9.17, 15) is 9.59 Å². The average molecular weight is 408 g/mol. The summed E-state index contributed by atoms with van der Waals surface area (Å²) >= 11 is 4.24. The van der Waals surface area contributed by atoms with Crippen LogP contribution in [-0.2, 0) is 4.79 Å². The molecule has 2 aromatic rings. The number of benzene rings is 1. The van der Waals surface area contributed by atoms with E-state index in [-0.39, 0.29) is 16.9 Å². The highest BCUT2D eigenvalue weighted by Crippen LogP contribution is 2.31. The number of hydrogen-bond donors (Lipinski definition) is 1. The van der Waals surface area contributed by atoms with E-state index in [2.05, 4.69) is 15.5 Å². The summed E-state index contributed by atoms with van der Waals surface area (Å²) in [4.78, 5) is 24.4. The molecule has 1 aromatic carbocycles. The molecule has 1 aliphatic carbocycles. The molecule has 5 nitrogen and oxygen atoms in total. The second-order valence-electron chi connectivity index (χ2n) is 6.16. The summed E-state index contributed by atoms with van der Waals surface area (Å²) in [5.41, 5.74) is 0.705. The zero-order valence-corrected chi connectivity index (χ0v) is 17.0. The number of thioether (sulfide) groups is 2. The number of Topliss-reactive ketones (excluding diaryl/α,β-unsaturated/α-hetero) is 1. The number of hydrogen-bond acceptors (Lipinski definition) is 7. The first-order valence-electron chi connectivity index (χ1n) is 8.63. The van der Waals surface area contributed by atoms with Gasteiger partial charge < -0.3 is 5.32 Å². The van der Waals surface area contributed by atoms with E-state index in [0.29, 0.717) is 17.4 Å². The maximum Gasteiger partial charge on any atom is 0.233 e. The Bertz CT molecular complexity index is 745. The van der Waals surface area contributed by atoms with Crippen molar-refractivity contribution >= 4 is 46.6 Å². The van der Waals surface area contributed by atoms with Gasteiger partial charge in [0.1, 0.15) is 0 Å². The van der Waals surface area contributed by atoms with Crippen molar-refractivity contribution in [3.63, 3.8) is 0 Å². The number of amides is 1. The van der Waals surface area contributed by atoms with Gasteiger partial charge in [0, 0.05) is 11.6 Å². The number of nitrogens with one attached hydrogen (secondary N) is 1. The van der Waals surface area contributed by atoms with Crippen molar-refractivity contribution in [3.05, 3.63) is 35.9 Å². The third-order valence-electron chi connectivity index (χ3n) is 4.16. The summed E-state index contributed by atoms with van der Waals surface area (Å²) in [5, 5.41) is 11.2. The Kier molecular flexibility index (Phi) is 7.10. The number of aromatic nitrogens is 2. The molecule has 0 bridgehead atoms. The minimum Gasteiger partial charge on any atom is -0.352 e. The van der Waals surface area contributed by atoms with Gasteiger partial charge in [-0.2, -0.15) is 0 Å². The van der Waals surface area contributed by atoms with Crippen LogP contribution in [0.15, 0.2) is 39.0 Å². The summed E-state index contributed by atoms with van der Waals surface area (Å²) in [5.74, 6) is 0.468. The van der Waals surface area contributed by atoms with Gasteiger partial charge in [-0.15, -0.1) is 10.2 Å². The zero-order chi connectivity index (χ0) is 18.4. The Balaban J connectivity index is 1.46. The number of carbonyl (C=O) groups is 2. The number of ketones is 1. The van der Waals surface area contributed by atoms with Crippen molar-refractivity contribution in [1.29, 1.82) is 0 Å². The Morgan fingerprint density at radius 2 is 1.88 bits per heavy atom. The van der Waals surface area contributed by atoms with E-state index in [0.717, 1.165) is 21.5 Å². The van der Waals surface area contributed by atoms with E-state index in [1.54, 1.807) is 0 Å². The van der Waals surface area contributed by atoms with Crippen LogP contribution in [0.25, 0.3) is 0 Å². The van der Waals surface area contributed by atoms with Crippen molar-refractivity contribution in [2.24, 2.45) is 0 Å². The van der Waals surface area contributed by atoms with Crippen molar-refractivity contribution in [1.82, 2.24) is 15.5 Å². The molecule has 1 N–H and O–H groups in total. The monoisotopic (exact) mass is 407 g/mol. The van der Waals surface area contributed by atoms with E-state index >= 15 is 0 Å². The molecule has 0 unspecified atom stereocenters. The highest BCUT2D eigenvalue weighted by Gasteiger charge is 2.22. The van der Waals surface area contributed by atoms with Crippen LogP contribution in [-0.4, -0.2) is 38.9 Å². The second kappa shape index (κ2) is 9.53. The first-order chi connectivity index (χ1) is 12.6. The lowest BCUT2D eigenvalue weighted by Crippen LogP contribution is -2.37. The van der Waals surface area contributed by atoms with Crippen molar-refractivity contribution in [2.45, 2.75) is 52.6 Å². The Morgan fingerprint density at radius 3 is 2.62 bits per heavy atom. The molecule has 1 fully saturated rings. The highest BCUT2D eigenvalue weighted by atomic mass is 32.2. The van der Waals surface area contributed by atoms with Crippen molar-refractivity contribution in [3.8, 4) is 0 Å². The fraction of sp³-hybridized carbons (Fsp3) is 0.444. The predicted molar refractivity (Wildman–Crippen MR) is 107 cm³/mol. The number of rotatable bonds is 8. The van der Waals surface area contributed by atoms with Crippen LogP contribution < -0.4 is 5.32 Å². The molecule has 8 heteroatoms. The molecule has 1 amide bonds. The van der Waals surface area contributed by atoms with Crippen molar-refractivity contribution in [2.75, 3.05) is 5.75 Å². The fourth-order valence-electron chi connectivity index (χ4n) is 2.73. The molecule has 26 heavy (non-hydrogen) atoms. The van der Waals surface area contributed by atoms with Gasteiger partial charge in [0.15, 0.2) is 14.5 Å². The molecule has 0 spiro atoms. The molecule has 1 atom stereocenters. The van der Waals surface area contributed by atoms with Crippen molar-refractivity contribution < 1.29 is 9.59 Å². The van der Waals surface area contributed by atoms with Gasteiger partial charge in [0.2, 0.25) is 5.91 Å². The highest BCUT2D eigenvalue weighted by molar-refractivity contribution is 8.04. The molecule has 3 rings (SSSR count). The fourth-order valence-corrected chi connectivity index (χ4v) is 5.80. The molecule has 0 aliphatic heterocycles. The minimum atomic E-state index is -0.202. The summed E-state index contributed by atoms with van der Waals surface area (Å²) in [6, 6.07) is 9.56. The summed E-state index contributed by atoms with van der Waals surface area (Å²) in [7, 11) is 0. The maximum atomic E-state index is 12.3. The number of nitrogens with zero attached hydrogens (tertiary/aromatic N) is 2. The molecule has 1 heterocycles. The summed E-state index contributed by atoms with van der Waals surface area (Å²) < 4.78 is 1.51. The van der Waals surface area contributed by atoms with Crippen LogP contribution in [0.1, 0.15) is 43.0 Å². The lowest BCUT2D eigenvalue weighted by atomic mass is 10.2. The minimum absolute atomic E-state index is 0.0607. The molecule has 1 aliphatic rings. The second-order valence-corrected chi connectivity index (χ2v) is 9.95. The first kappa shape index (κ1) is 19.4. The third kappa shape index (κ3) is 5.56. The van der Waals surface area contributed by atoms with Crippen LogP contribution in [0.3, 0.4) is 0 Å². The molecule has 0 saturated heterocycles. The lowest BCUT2D eigenvalue weighted by Gasteiger charge is -2.15. The summed E-state index contributed by atoms with van der Waals surface area (Å²) in [6.45, 7) is 1.89. The molecular weight excluding hydrogens is 386 g/mol. The standard InChI is InChI=1S/C18H21N3O2S3/c1-12(16(23)19-14-9-5-6-10-14)25-18-21-20-17(26-18)24-11-15(22)13-7-3-2-4-8-13/h2-4,7-8,12,14H,5-6,9-11H2,1H3,(H,19,23)/t12-/m1/s1. The van der Waals surface area contributed by atoms with Crippen LogP contribution in [0.2, 0.25) is 0 Å².